The number of hydrogen-bond donors (Lipinski definition) is 1. The highest BCUT2D eigenvalue weighted by atomic mass is 16.3. The van der Waals surface area contributed by atoms with E-state index in [2.05, 4.69) is 38.1 Å². The van der Waals surface area contributed by atoms with Crippen molar-refractivity contribution >= 4 is 5.91 Å². The van der Waals surface area contributed by atoms with Gasteiger partial charge >= 0.3 is 0 Å². The molecule has 4 fully saturated rings. The van der Waals surface area contributed by atoms with Crippen LogP contribution in [0.25, 0.3) is 0 Å². The summed E-state index contributed by atoms with van der Waals surface area (Å²) in [5, 5.41) is 10.6. The lowest BCUT2D eigenvalue weighted by Gasteiger charge is -2.57. The van der Waals surface area contributed by atoms with Gasteiger partial charge < -0.3 is 10.0 Å². The Morgan fingerprint density at radius 2 is 1.69 bits per heavy atom. The van der Waals surface area contributed by atoms with E-state index in [0.717, 1.165) is 42.9 Å². The molecule has 4 saturated carbocycles. The van der Waals surface area contributed by atoms with Gasteiger partial charge in [-0.2, -0.15) is 0 Å². The minimum atomic E-state index is -0.442. The molecule has 9 atom stereocenters. The summed E-state index contributed by atoms with van der Waals surface area (Å²) >= 11 is 0. The van der Waals surface area contributed by atoms with Crippen molar-refractivity contribution in [3.8, 4) is 0 Å². The minimum Gasteiger partial charge on any atom is -0.390 e. The first-order chi connectivity index (χ1) is 15.2. The Morgan fingerprint density at radius 1 is 0.969 bits per heavy atom. The quantitative estimate of drug-likeness (QED) is 0.609. The van der Waals surface area contributed by atoms with Crippen LogP contribution in [0, 0.1) is 40.9 Å². The van der Waals surface area contributed by atoms with Crippen LogP contribution < -0.4 is 0 Å². The largest absolute Gasteiger partial charge is 0.390 e. The van der Waals surface area contributed by atoms with Gasteiger partial charge in [0.15, 0.2) is 0 Å². The fourth-order valence-corrected chi connectivity index (χ4v) is 8.88. The van der Waals surface area contributed by atoms with Gasteiger partial charge in [0.25, 0.3) is 0 Å². The highest BCUT2D eigenvalue weighted by Crippen LogP contribution is 2.64. The first-order valence-corrected chi connectivity index (χ1v) is 13.3. The second-order valence-electron chi connectivity index (χ2n) is 12.4. The van der Waals surface area contributed by atoms with Crippen LogP contribution in [-0.2, 0) is 4.79 Å². The van der Waals surface area contributed by atoms with Crippen molar-refractivity contribution in [3.05, 3.63) is 35.9 Å². The Kier molecular flexibility index (Phi) is 5.72. The molecule has 0 aromatic heterocycles. The van der Waals surface area contributed by atoms with Gasteiger partial charge in [-0.1, -0.05) is 37.3 Å². The molecule has 32 heavy (non-hydrogen) atoms. The molecule has 3 nitrogen and oxygen atoms in total. The van der Waals surface area contributed by atoms with Crippen molar-refractivity contribution in [3.63, 3.8) is 0 Å². The second-order valence-corrected chi connectivity index (χ2v) is 12.4. The van der Waals surface area contributed by atoms with Gasteiger partial charge in [0.1, 0.15) is 0 Å². The van der Waals surface area contributed by atoms with E-state index < -0.39 is 5.60 Å². The second kappa shape index (κ2) is 8.15. The molecular formula is C29H43NO2. The van der Waals surface area contributed by atoms with Gasteiger partial charge in [-0.25, -0.2) is 0 Å². The Labute approximate surface area is 195 Å². The van der Waals surface area contributed by atoms with Crippen molar-refractivity contribution in [2.24, 2.45) is 40.9 Å². The summed E-state index contributed by atoms with van der Waals surface area (Å²) in [5.74, 6) is 4.42. The Bertz CT molecular complexity index is 835. The molecule has 5 rings (SSSR count). The average molecular weight is 438 g/mol. The van der Waals surface area contributed by atoms with Crippen LogP contribution in [0.15, 0.2) is 30.3 Å². The highest BCUT2D eigenvalue weighted by Gasteiger charge is 2.59. The Morgan fingerprint density at radius 3 is 2.44 bits per heavy atom. The van der Waals surface area contributed by atoms with E-state index in [4.69, 9.17) is 0 Å². The van der Waals surface area contributed by atoms with Crippen LogP contribution >= 0.6 is 0 Å². The third-order valence-corrected chi connectivity index (χ3v) is 10.7. The molecule has 0 spiro atoms. The molecule has 0 aliphatic heterocycles. The predicted molar refractivity (Wildman–Crippen MR) is 129 cm³/mol. The maximum atomic E-state index is 13.8. The summed E-state index contributed by atoms with van der Waals surface area (Å²) in [6, 6.07) is 10.6. The SMILES string of the molecule is C[C@@H](c1ccccc1)N(C)C(=O)[C@H]1CC[C@H]2[C@@H]3CC[C@@H]4C[C@](C)(O)CC[C@@H]4[C@H]3CC[C@]12C. The van der Waals surface area contributed by atoms with Crippen molar-refractivity contribution in [1.82, 2.24) is 4.90 Å². The Balaban J connectivity index is 1.31. The van der Waals surface area contributed by atoms with Crippen molar-refractivity contribution in [2.45, 2.75) is 90.2 Å². The first kappa shape index (κ1) is 22.4. The van der Waals surface area contributed by atoms with E-state index in [1.807, 2.05) is 24.9 Å². The molecule has 0 radical (unpaired) electrons. The normalized spacial score (nSPS) is 44.2. The van der Waals surface area contributed by atoms with Crippen molar-refractivity contribution in [2.75, 3.05) is 7.05 Å². The summed E-state index contributed by atoms with van der Waals surface area (Å²) in [5.41, 5.74) is 0.941. The number of rotatable bonds is 3. The summed E-state index contributed by atoms with van der Waals surface area (Å²) in [6.07, 6.45) is 10.6. The topological polar surface area (TPSA) is 40.5 Å². The van der Waals surface area contributed by atoms with Crippen LogP contribution in [0.1, 0.15) is 90.2 Å². The third kappa shape index (κ3) is 3.63. The zero-order valence-corrected chi connectivity index (χ0v) is 20.6. The maximum Gasteiger partial charge on any atom is 0.226 e. The van der Waals surface area contributed by atoms with E-state index in [9.17, 15) is 9.90 Å². The van der Waals surface area contributed by atoms with Crippen LogP contribution in [0.2, 0.25) is 0 Å². The lowest BCUT2D eigenvalue weighted by atomic mass is 9.49. The molecule has 1 amide bonds. The molecular weight excluding hydrogens is 394 g/mol. The average Bonchev–Trinajstić information content (AvgIpc) is 3.14. The molecule has 1 aromatic carbocycles. The Hall–Kier alpha value is -1.35. The smallest absolute Gasteiger partial charge is 0.226 e. The van der Waals surface area contributed by atoms with Gasteiger partial charge in [-0.15, -0.1) is 0 Å². The molecule has 3 heteroatoms. The molecule has 0 saturated heterocycles. The summed E-state index contributed by atoms with van der Waals surface area (Å²) in [6.45, 7) is 6.67. The summed E-state index contributed by atoms with van der Waals surface area (Å²) in [4.78, 5) is 15.8. The zero-order valence-electron chi connectivity index (χ0n) is 20.6. The number of carbonyl (C=O) groups excluding carboxylic acids is 1. The van der Waals surface area contributed by atoms with E-state index >= 15 is 0 Å². The molecule has 0 unspecified atom stereocenters. The molecule has 0 heterocycles. The first-order valence-electron chi connectivity index (χ1n) is 13.3. The molecule has 0 bridgehead atoms. The van der Waals surface area contributed by atoms with E-state index in [0.29, 0.717) is 11.8 Å². The number of hydrogen-bond acceptors (Lipinski definition) is 2. The molecule has 1 aromatic rings. The van der Waals surface area contributed by atoms with E-state index in [-0.39, 0.29) is 17.4 Å². The predicted octanol–water partition coefficient (Wildman–Crippen LogP) is 6.23. The number of benzene rings is 1. The van der Waals surface area contributed by atoms with E-state index in [1.54, 1.807) is 0 Å². The third-order valence-electron chi connectivity index (χ3n) is 10.7. The fourth-order valence-electron chi connectivity index (χ4n) is 8.88. The van der Waals surface area contributed by atoms with Crippen molar-refractivity contribution in [1.29, 1.82) is 0 Å². The van der Waals surface area contributed by atoms with Crippen molar-refractivity contribution < 1.29 is 9.90 Å². The maximum absolute atomic E-state index is 13.8. The van der Waals surface area contributed by atoms with Crippen LogP contribution in [0.4, 0.5) is 0 Å². The van der Waals surface area contributed by atoms with Gasteiger partial charge in [-0.05, 0) is 112 Å². The highest BCUT2D eigenvalue weighted by molar-refractivity contribution is 5.80. The minimum absolute atomic E-state index is 0.119. The standard InChI is InChI=1S/C29H43NO2/c1-19(20-8-6-5-7-9-20)30(4)27(31)26-13-12-25-24-11-10-21-18-28(2,32)16-14-22(21)23(24)15-17-29(25,26)3/h5-9,19,21-26,32H,10-18H2,1-4H3/t19-,21+,22-,23+,24+,25-,26+,28+,29-/m0/s1. The molecule has 4 aliphatic rings. The van der Waals surface area contributed by atoms with Gasteiger partial charge in [0.2, 0.25) is 5.91 Å². The summed E-state index contributed by atoms with van der Waals surface area (Å²) in [7, 11) is 2.02. The van der Waals surface area contributed by atoms with Crippen LogP contribution in [-0.4, -0.2) is 28.6 Å². The van der Waals surface area contributed by atoms with Gasteiger partial charge in [-0.3, -0.25) is 4.79 Å². The van der Waals surface area contributed by atoms with Gasteiger partial charge in [0, 0.05) is 13.0 Å². The fraction of sp³-hybridized carbons (Fsp3) is 0.759. The number of aliphatic hydroxyl groups is 1. The van der Waals surface area contributed by atoms with Crippen LogP contribution in [0.5, 0.6) is 0 Å². The molecule has 1 N–H and O–H groups in total. The zero-order chi connectivity index (χ0) is 22.7. The lowest BCUT2D eigenvalue weighted by molar-refractivity contribution is -0.145. The molecule has 4 aliphatic carbocycles. The monoisotopic (exact) mass is 437 g/mol. The van der Waals surface area contributed by atoms with E-state index in [1.165, 1.54) is 44.1 Å². The summed E-state index contributed by atoms with van der Waals surface area (Å²) < 4.78 is 0. The van der Waals surface area contributed by atoms with Gasteiger partial charge in [0.05, 0.1) is 11.6 Å². The number of fused-ring (bicyclic) bond motifs is 5. The molecule has 176 valence electrons. The number of nitrogens with zero attached hydrogens (tertiary/aromatic N) is 1. The number of carbonyl (C=O) groups is 1. The van der Waals surface area contributed by atoms with Crippen LogP contribution in [0.3, 0.4) is 0 Å². The lowest BCUT2D eigenvalue weighted by Crippen LogP contribution is -2.52. The number of amides is 1.